The van der Waals surface area contributed by atoms with Crippen LogP contribution in [-0.2, 0) is 13.2 Å². The molecule has 2 heterocycles. The highest BCUT2D eigenvalue weighted by Crippen LogP contribution is 2.19. The Bertz CT molecular complexity index is 1120. The summed E-state index contributed by atoms with van der Waals surface area (Å²) in [5.74, 6) is 2.33. The van der Waals surface area contributed by atoms with Crippen LogP contribution in [0.5, 0.6) is 11.5 Å². The second-order valence-electron chi connectivity index (χ2n) is 6.80. The van der Waals surface area contributed by atoms with Crippen molar-refractivity contribution in [3.63, 3.8) is 0 Å². The molecule has 2 aromatic heterocycles. The van der Waals surface area contributed by atoms with Crippen LogP contribution < -0.4 is 14.8 Å². The van der Waals surface area contributed by atoms with Crippen molar-refractivity contribution < 1.29 is 18.7 Å². The highest BCUT2D eigenvalue weighted by atomic mass is 16.5. The van der Waals surface area contributed by atoms with Crippen molar-refractivity contribution in [2.75, 3.05) is 11.9 Å². The highest BCUT2D eigenvalue weighted by Gasteiger charge is 2.13. The molecule has 31 heavy (non-hydrogen) atoms. The Labute approximate surface area is 180 Å². The van der Waals surface area contributed by atoms with Crippen molar-refractivity contribution in [1.29, 1.82) is 0 Å². The minimum absolute atomic E-state index is 0.197. The van der Waals surface area contributed by atoms with E-state index in [1.165, 1.54) is 0 Å². The Kier molecular flexibility index (Phi) is 6.32. The first kappa shape index (κ1) is 20.3. The Morgan fingerprint density at radius 3 is 2.45 bits per heavy atom. The van der Waals surface area contributed by atoms with E-state index >= 15 is 0 Å². The predicted molar refractivity (Wildman–Crippen MR) is 116 cm³/mol. The Balaban J connectivity index is 1.30. The zero-order valence-corrected chi connectivity index (χ0v) is 17.2. The second kappa shape index (κ2) is 9.67. The molecule has 7 heteroatoms. The van der Waals surface area contributed by atoms with Crippen LogP contribution in [0.1, 0.15) is 28.8 Å². The number of amides is 1. The van der Waals surface area contributed by atoms with Gasteiger partial charge in [0, 0.05) is 12.3 Å². The van der Waals surface area contributed by atoms with Crippen LogP contribution in [0.4, 0.5) is 5.82 Å². The van der Waals surface area contributed by atoms with Gasteiger partial charge in [-0.3, -0.25) is 9.48 Å². The van der Waals surface area contributed by atoms with Crippen molar-refractivity contribution in [3.8, 4) is 11.5 Å². The van der Waals surface area contributed by atoms with Gasteiger partial charge in [-0.25, -0.2) is 0 Å². The molecule has 4 aromatic rings. The third-order valence-corrected chi connectivity index (χ3v) is 4.47. The summed E-state index contributed by atoms with van der Waals surface area (Å²) in [6.07, 6.45) is 1.82. The summed E-state index contributed by atoms with van der Waals surface area (Å²) in [6, 6.07) is 22.4. The number of aromatic nitrogens is 2. The average molecular weight is 417 g/mol. The van der Waals surface area contributed by atoms with Crippen LogP contribution in [0.3, 0.4) is 0 Å². The van der Waals surface area contributed by atoms with E-state index in [0.29, 0.717) is 30.5 Å². The summed E-state index contributed by atoms with van der Waals surface area (Å²) < 4.78 is 18.5. The standard InChI is InChI=1S/C24H23N3O4/c1-2-29-19-8-10-20(11-9-19)30-17-21-12-13-22(31-21)24(28)25-23-14-15-27(26-23)16-18-6-4-3-5-7-18/h3-15H,2,16-17H2,1H3,(H,25,26,28). The molecule has 0 radical (unpaired) electrons. The molecule has 2 aromatic carbocycles. The lowest BCUT2D eigenvalue weighted by Crippen LogP contribution is -2.12. The number of carbonyl (C=O) groups is 1. The fourth-order valence-corrected chi connectivity index (χ4v) is 3.00. The van der Waals surface area contributed by atoms with Crippen molar-refractivity contribution in [2.24, 2.45) is 0 Å². The third-order valence-electron chi connectivity index (χ3n) is 4.47. The first-order valence-electron chi connectivity index (χ1n) is 10.0. The number of nitrogens with zero attached hydrogens (tertiary/aromatic N) is 2. The quantitative estimate of drug-likeness (QED) is 0.425. The van der Waals surface area contributed by atoms with E-state index in [1.807, 2.05) is 67.7 Å². The monoisotopic (exact) mass is 417 g/mol. The van der Waals surface area contributed by atoms with Crippen LogP contribution in [0.2, 0.25) is 0 Å². The van der Waals surface area contributed by atoms with Crippen LogP contribution in [-0.4, -0.2) is 22.3 Å². The lowest BCUT2D eigenvalue weighted by atomic mass is 10.2. The Hall–Kier alpha value is -4.00. The molecular formula is C24H23N3O4. The molecule has 0 saturated heterocycles. The molecule has 0 spiro atoms. The van der Waals surface area contributed by atoms with Crippen molar-refractivity contribution in [2.45, 2.75) is 20.1 Å². The van der Waals surface area contributed by atoms with Gasteiger partial charge in [-0.05, 0) is 48.9 Å². The molecule has 158 valence electrons. The van der Waals surface area contributed by atoms with E-state index in [2.05, 4.69) is 10.4 Å². The lowest BCUT2D eigenvalue weighted by Gasteiger charge is -2.06. The van der Waals surface area contributed by atoms with Gasteiger partial charge in [0.15, 0.2) is 11.6 Å². The fourth-order valence-electron chi connectivity index (χ4n) is 3.00. The fraction of sp³-hybridized carbons (Fsp3) is 0.167. The minimum Gasteiger partial charge on any atom is -0.494 e. The average Bonchev–Trinajstić information content (AvgIpc) is 3.44. The van der Waals surface area contributed by atoms with E-state index < -0.39 is 0 Å². The SMILES string of the molecule is CCOc1ccc(OCc2ccc(C(=O)Nc3ccn(Cc4ccccc4)n3)o2)cc1. The number of carbonyl (C=O) groups excluding carboxylic acids is 1. The van der Waals surface area contributed by atoms with Gasteiger partial charge >= 0.3 is 0 Å². The van der Waals surface area contributed by atoms with Crippen LogP contribution >= 0.6 is 0 Å². The molecule has 4 rings (SSSR count). The van der Waals surface area contributed by atoms with Gasteiger partial charge in [0.1, 0.15) is 23.9 Å². The number of ether oxygens (including phenoxy) is 2. The molecule has 1 amide bonds. The summed E-state index contributed by atoms with van der Waals surface area (Å²) in [5, 5.41) is 7.13. The Morgan fingerprint density at radius 1 is 0.968 bits per heavy atom. The topological polar surface area (TPSA) is 78.5 Å². The molecule has 1 N–H and O–H groups in total. The van der Waals surface area contributed by atoms with Gasteiger partial charge < -0.3 is 19.2 Å². The predicted octanol–water partition coefficient (Wildman–Crippen LogP) is 4.75. The van der Waals surface area contributed by atoms with E-state index in [0.717, 1.165) is 11.3 Å². The summed E-state index contributed by atoms with van der Waals surface area (Å²) in [4.78, 5) is 12.5. The van der Waals surface area contributed by atoms with Gasteiger partial charge in [-0.15, -0.1) is 0 Å². The minimum atomic E-state index is -0.364. The zero-order chi connectivity index (χ0) is 21.5. The molecule has 0 aliphatic carbocycles. The number of anilines is 1. The lowest BCUT2D eigenvalue weighted by molar-refractivity contribution is 0.0992. The summed E-state index contributed by atoms with van der Waals surface area (Å²) >= 11 is 0. The van der Waals surface area contributed by atoms with Crippen molar-refractivity contribution >= 4 is 11.7 Å². The van der Waals surface area contributed by atoms with Gasteiger partial charge in [0.05, 0.1) is 13.2 Å². The van der Waals surface area contributed by atoms with E-state index in [4.69, 9.17) is 13.9 Å². The molecular weight excluding hydrogens is 394 g/mol. The summed E-state index contributed by atoms with van der Waals surface area (Å²) in [5.41, 5.74) is 1.13. The van der Waals surface area contributed by atoms with Crippen LogP contribution in [0, 0.1) is 0 Å². The molecule has 0 unspecified atom stereocenters. The molecule has 0 fully saturated rings. The molecule has 7 nitrogen and oxygen atoms in total. The summed E-state index contributed by atoms with van der Waals surface area (Å²) in [7, 11) is 0. The van der Waals surface area contributed by atoms with Gasteiger partial charge in [0.25, 0.3) is 5.91 Å². The number of benzene rings is 2. The van der Waals surface area contributed by atoms with Crippen LogP contribution in [0.25, 0.3) is 0 Å². The van der Waals surface area contributed by atoms with E-state index in [9.17, 15) is 4.79 Å². The molecule has 0 aliphatic heterocycles. The number of nitrogens with one attached hydrogen (secondary N) is 1. The molecule has 0 bridgehead atoms. The maximum Gasteiger partial charge on any atom is 0.292 e. The third kappa shape index (κ3) is 5.54. The smallest absolute Gasteiger partial charge is 0.292 e. The Morgan fingerprint density at radius 2 is 1.71 bits per heavy atom. The van der Waals surface area contributed by atoms with Crippen molar-refractivity contribution in [1.82, 2.24) is 9.78 Å². The van der Waals surface area contributed by atoms with Gasteiger partial charge in [0.2, 0.25) is 0 Å². The molecule has 0 saturated carbocycles. The zero-order valence-electron chi connectivity index (χ0n) is 17.2. The first-order valence-corrected chi connectivity index (χ1v) is 10.0. The maximum atomic E-state index is 12.5. The highest BCUT2D eigenvalue weighted by molar-refractivity contribution is 6.01. The number of hydrogen-bond donors (Lipinski definition) is 1. The summed E-state index contributed by atoms with van der Waals surface area (Å²) in [6.45, 7) is 3.40. The maximum absolute atomic E-state index is 12.5. The number of furan rings is 1. The second-order valence-corrected chi connectivity index (χ2v) is 6.80. The number of hydrogen-bond acceptors (Lipinski definition) is 5. The van der Waals surface area contributed by atoms with Crippen molar-refractivity contribution in [3.05, 3.63) is 96.1 Å². The van der Waals surface area contributed by atoms with Gasteiger partial charge in [-0.2, -0.15) is 5.10 Å². The van der Waals surface area contributed by atoms with E-state index in [1.54, 1.807) is 22.9 Å². The molecule has 0 aliphatic rings. The first-order chi connectivity index (χ1) is 15.2. The molecule has 0 atom stereocenters. The van der Waals surface area contributed by atoms with E-state index in [-0.39, 0.29) is 18.3 Å². The number of rotatable bonds is 9. The largest absolute Gasteiger partial charge is 0.494 e. The van der Waals surface area contributed by atoms with Gasteiger partial charge in [-0.1, -0.05) is 30.3 Å². The normalized spacial score (nSPS) is 10.6. The van der Waals surface area contributed by atoms with Crippen LogP contribution in [0.15, 0.2) is 83.4 Å².